The molecule has 28 heavy (non-hydrogen) atoms. The van der Waals surface area contributed by atoms with Crippen LogP contribution in [0.5, 0.6) is 5.75 Å². The molecule has 0 aliphatic carbocycles. The number of morpholine rings is 1. The van der Waals surface area contributed by atoms with Gasteiger partial charge in [-0.1, -0.05) is 26.0 Å². The molecule has 1 aliphatic rings. The molecule has 1 aromatic rings. The molecule has 6 heteroatoms. The maximum atomic E-state index is 13.1. The van der Waals surface area contributed by atoms with Gasteiger partial charge in [0.2, 0.25) is 5.91 Å². The third kappa shape index (κ3) is 5.93. The molecule has 1 amide bonds. The molecule has 0 aromatic heterocycles. The maximum absolute atomic E-state index is 13.1. The zero-order chi connectivity index (χ0) is 20.8. The Kier molecular flexibility index (Phi) is 8.28. The van der Waals surface area contributed by atoms with Crippen LogP contribution in [0.4, 0.5) is 0 Å². The number of ether oxygens (including phenoxy) is 2. The fourth-order valence-corrected chi connectivity index (χ4v) is 4.06. The minimum atomic E-state index is -0.146. The van der Waals surface area contributed by atoms with Crippen molar-refractivity contribution in [3.8, 4) is 5.75 Å². The summed E-state index contributed by atoms with van der Waals surface area (Å²) in [7, 11) is 5.73. The van der Waals surface area contributed by atoms with Gasteiger partial charge in [0.05, 0.1) is 31.4 Å². The largest absolute Gasteiger partial charge is 0.497 e. The summed E-state index contributed by atoms with van der Waals surface area (Å²) >= 11 is 0. The molecule has 1 heterocycles. The van der Waals surface area contributed by atoms with Crippen molar-refractivity contribution in [3.63, 3.8) is 0 Å². The van der Waals surface area contributed by atoms with Crippen LogP contribution in [0.1, 0.15) is 39.3 Å². The Morgan fingerprint density at radius 3 is 2.25 bits per heavy atom. The Morgan fingerprint density at radius 2 is 1.79 bits per heavy atom. The van der Waals surface area contributed by atoms with Crippen LogP contribution in [0.25, 0.3) is 0 Å². The number of hydrogen-bond donors (Lipinski definition) is 1. The van der Waals surface area contributed by atoms with E-state index in [-0.39, 0.29) is 36.1 Å². The molecule has 4 unspecified atom stereocenters. The second-order valence-electron chi connectivity index (χ2n) is 8.40. The van der Waals surface area contributed by atoms with Crippen molar-refractivity contribution < 1.29 is 14.3 Å². The van der Waals surface area contributed by atoms with Crippen LogP contribution < -0.4 is 10.1 Å². The van der Waals surface area contributed by atoms with E-state index >= 15 is 0 Å². The van der Waals surface area contributed by atoms with Gasteiger partial charge in [0.1, 0.15) is 5.75 Å². The summed E-state index contributed by atoms with van der Waals surface area (Å²) in [5.74, 6) is 1.16. The molecule has 1 fully saturated rings. The van der Waals surface area contributed by atoms with Crippen LogP contribution in [0.2, 0.25) is 0 Å². The highest BCUT2D eigenvalue weighted by atomic mass is 16.5. The van der Waals surface area contributed by atoms with Crippen LogP contribution in [-0.2, 0) is 9.53 Å². The first-order valence-electron chi connectivity index (χ1n) is 10.2. The highest BCUT2D eigenvalue weighted by Crippen LogP contribution is 2.22. The smallest absolute Gasteiger partial charge is 0.237 e. The third-order valence-corrected chi connectivity index (χ3v) is 5.33. The molecule has 0 radical (unpaired) electrons. The lowest BCUT2D eigenvalue weighted by Crippen LogP contribution is -2.57. The molecule has 1 N–H and O–H groups in total. The number of carbonyl (C=O) groups excluding carboxylic acids is 1. The Hall–Kier alpha value is -1.63. The molecule has 0 bridgehead atoms. The van der Waals surface area contributed by atoms with E-state index in [1.54, 1.807) is 7.11 Å². The molecular weight excluding hydrogens is 354 g/mol. The fourth-order valence-electron chi connectivity index (χ4n) is 4.06. The lowest BCUT2D eigenvalue weighted by molar-refractivity contribution is -0.135. The summed E-state index contributed by atoms with van der Waals surface area (Å²) in [6.45, 7) is 10.5. The van der Waals surface area contributed by atoms with Crippen molar-refractivity contribution in [2.45, 2.75) is 52.0 Å². The van der Waals surface area contributed by atoms with E-state index in [1.165, 1.54) is 0 Å². The van der Waals surface area contributed by atoms with Crippen molar-refractivity contribution in [2.75, 3.05) is 40.8 Å². The number of hydrogen-bond acceptors (Lipinski definition) is 5. The Labute approximate surface area is 170 Å². The number of likely N-dealkylation sites (N-methyl/N-ethyl adjacent to an activating group) is 1. The van der Waals surface area contributed by atoms with Gasteiger partial charge in [-0.05, 0) is 51.6 Å². The van der Waals surface area contributed by atoms with Crippen LogP contribution in [0.3, 0.4) is 0 Å². The standard InChI is InChI=1S/C22H37N3O3/c1-15(2)21(25-13-16(3)28-17(4)14-25)22(26)23-12-20(24(5)6)18-8-10-19(27-7)11-9-18/h8-11,15-17,20-21H,12-14H2,1-7H3,(H,23,26). The molecule has 1 aromatic carbocycles. The highest BCUT2D eigenvalue weighted by molar-refractivity contribution is 5.82. The van der Waals surface area contributed by atoms with Crippen LogP contribution in [0.15, 0.2) is 24.3 Å². The lowest BCUT2D eigenvalue weighted by Gasteiger charge is -2.41. The number of methoxy groups -OCH3 is 1. The lowest BCUT2D eigenvalue weighted by atomic mass is 9.99. The molecule has 1 aliphatic heterocycles. The van der Waals surface area contributed by atoms with Gasteiger partial charge in [-0.2, -0.15) is 0 Å². The number of amides is 1. The average Bonchev–Trinajstić information content (AvgIpc) is 2.61. The molecule has 0 spiro atoms. The van der Waals surface area contributed by atoms with Gasteiger partial charge in [-0.3, -0.25) is 9.69 Å². The summed E-state index contributed by atoms with van der Waals surface area (Å²) in [6, 6.07) is 7.99. The second-order valence-corrected chi connectivity index (χ2v) is 8.40. The van der Waals surface area contributed by atoms with Gasteiger partial charge in [-0.25, -0.2) is 0 Å². The van der Waals surface area contributed by atoms with Gasteiger partial charge < -0.3 is 19.7 Å². The molecule has 6 nitrogen and oxygen atoms in total. The molecule has 4 atom stereocenters. The van der Waals surface area contributed by atoms with Crippen molar-refractivity contribution in [3.05, 3.63) is 29.8 Å². The molecule has 1 saturated heterocycles. The average molecular weight is 392 g/mol. The zero-order valence-corrected chi connectivity index (χ0v) is 18.4. The number of carbonyl (C=O) groups is 1. The first-order chi connectivity index (χ1) is 13.2. The summed E-state index contributed by atoms with van der Waals surface area (Å²) in [6.07, 6.45) is 0.290. The summed E-state index contributed by atoms with van der Waals surface area (Å²) < 4.78 is 11.1. The van der Waals surface area contributed by atoms with Crippen LogP contribution in [-0.4, -0.2) is 74.8 Å². The van der Waals surface area contributed by atoms with Gasteiger partial charge in [0.25, 0.3) is 0 Å². The minimum absolute atomic E-state index is 0.0941. The SMILES string of the molecule is COc1ccc(C(CNC(=O)C(C(C)C)N2CC(C)OC(C)C2)N(C)C)cc1. The maximum Gasteiger partial charge on any atom is 0.237 e. The van der Waals surface area contributed by atoms with Gasteiger partial charge in [0.15, 0.2) is 0 Å². The van der Waals surface area contributed by atoms with E-state index in [4.69, 9.17) is 9.47 Å². The van der Waals surface area contributed by atoms with E-state index in [0.29, 0.717) is 6.54 Å². The first kappa shape index (κ1) is 22.7. The predicted octanol–water partition coefficient (Wildman–Crippen LogP) is 2.55. The fraction of sp³-hybridized carbons (Fsp3) is 0.682. The topological polar surface area (TPSA) is 54.0 Å². The number of nitrogens with one attached hydrogen (secondary N) is 1. The summed E-state index contributed by atoms with van der Waals surface area (Å²) in [4.78, 5) is 17.5. The number of rotatable bonds is 8. The highest BCUT2D eigenvalue weighted by Gasteiger charge is 2.34. The third-order valence-electron chi connectivity index (χ3n) is 5.33. The van der Waals surface area contributed by atoms with E-state index in [1.807, 2.05) is 26.2 Å². The zero-order valence-electron chi connectivity index (χ0n) is 18.4. The van der Waals surface area contributed by atoms with E-state index < -0.39 is 0 Å². The van der Waals surface area contributed by atoms with Crippen molar-refractivity contribution in [1.29, 1.82) is 0 Å². The summed E-state index contributed by atoms with van der Waals surface area (Å²) in [5, 5.41) is 3.21. The van der Waals surface area contributed by atoms with Gasteiger partial charge in [0, 0.05) is 19.6 Å². The molecular formula is C22H37N3O3. The minimum Gasteiger partial charge on any atom is -0.497 e. The Bertz CT molecular complexity index is 608. The Morgan fingerprint density at radius 1 is 1.21 bits per heavy atom. The van der Waals surface area contributed by atoms with Gasteiger partial charge in [-0.15, -0.1) is 0 Å². The summed E-state index contributed by atoms with van der Waals surface area (Å²) in [5.41, 5.74) is 1.15. The van der Waals surface area contributed by atoms with Crippen LogP contribution in [0, 0.1) is 5.92 Å². The van der Waals surface area contributed by atoms with E-state index in [9.17, 15) is 4.79 Å². The van der Waals surface area contributed by atoms with E-state index in [2.05, 4.69) is 54.9 Å². The predicted molar refractivity (Wildman–Crippen MR) is 113 cm³/mol. The molecule has 158 valence electrons. The second kappa shape index (κ2) is 10.2. The van der Waals surface area contributed by atoms with Crippen molar-refractivity contribution in [2.24, 2.45) is 5.92 Å². The van der Waals surface area contributed by atoms with E-state index in [0.717, 1.165) is 24.4 Å². The molecule has 2 rings (SSSR count). The van der Waals surface area contributed by atoms with Crippen LogP contribution >= 0.6 is 0 Å². The number of nitrogens with zero attached hydrogens (tertiary/aromatic N) is 2. The van der Waals surface area contributed by atoms with Crippen molar-refractivity contribution >= 4 is 5.91 Å². The Balaban J connectivity index is 2.06. The number of benzene rings is 1. The quantitative estimate of drug-likeness (QED) is 0.738. The van der Waals surface area contributed by atoms with Gasteiger partial charge >= 0.3 is 0 Å². The monoisotopic (exact) mass is 391 g/mol. The molecule has 0 saturated carbocycles. The first-order valence-corrected chi connectivity index (χ1v) is 10.2. The van der Waals surface area contributed by atoms with Crippen molar-refractivity contribution in [1.82, 2.24) is 15.1 Å². The normalized spacial score (nSPS) is 22.9.